The average molecular weight is 308 g/mol. The molecule has 0 bridgehead atoms. The number of anilines is 1. The lowest BCUT2D eigenvalue weighted by molar-refractivity contribution is 0.415. The summed E-state index contributed by atoms with van der Waals surface area (Å²) in [6, 6.07) is 5.81. The molecule has 0 unspecified atom stereocenters. The van der Waals surface area contributed by atoms with Gasteiger partial charge >= 0.3 is 0 Å². The minimum Gasteiger partial charge on any atom is -0.497 e. The predicted molar refractivity (Wildman–Crippen MR) is 76.6 cm³/mol. The van der Waals surface area contributed by atoms with Crippen molar-refractivity contribution < 1.29 is 4.74 Å². The SMILES string of the molecule is C=Cn1cc(CNc2cc(OC)ccc2Br)cn1. The van der Waals surface area contributed by atoms with Gasteiger partial charge in [0.1, 0.15) is 5.75 Å². The van der Waals surface area contributed by atoms with Gasteiger partial charge in [-0.2, -0.15) is 5.10 Å². The fourth-order valence-corrected chi connectivity index (χ4v) is 1.92. The summed E-state index contributed by atoms with van der Waals surface area (Å²) < 4.78 is 7.87. The number of methoxy groups -OCH3 is 1. The Balaban J connectivity index is 2.07. The average Bonchev–Trinajstić information content (AvgIpc) is 2.86. The van der Waals surface area contributed by atoms with Crippen LogP contribution in [0.5, 0.6) is 5.75 Å². The Morgan fingerprint density at radius 2 is 2.39 bits per heavy atom. The first-order valence-electron chi connectivity index (χ1n) is 5.46. The van der Waals surface area contributed by atoms with E-state index in [-0.39, 0.29) is 0 Å². The van der Waals surface area contributed by atoms with Crippen molar-refractivity contribution in [2.45, 2.75) is 6.54 Å². The number of rotatable bonds is 5. The second-order valence-electron chi connectivity index (χ2n) is 3.71. The number of nitrogens with zero attached hydrogens (tertiary/aromatic N) is 2. The molecule has 2 rings (SSSR count). The molecule has 5 heteroatoms. The monoisotopic (exact) mass is 307 g/mol. The third-order valence-corrected chi connectivity index (χ3v) is 3.19. The van der Waals surface area contributed by atoms with Crippen LogP contribution < -0.4 is 10.1 Å². The Morgan fingerprint density at radius 3 is 3.06 bits per heavy atom. The Labute approximate surface area is 114 Å². The summed E-state index contributed by atoms with van der Waals surface area (Å²) in [7, 11) is 1.65. The molecule has 0 aliphatic heterocycles. The van der Waals surface area contributed by atoms with Gasteiger partial charge in [0.2, 0.25) is 0 Å². The third kappa shape index (κ3) is 2.92. The van der Waals surface area contributed by atoms with Crippen LogP contribution in [0, 0.1) is 0 Å². The summed E-state index contributed by atoms with van der Waals surface area (Å²) in [5.41, 5.74) is 2.07. The first-order valence-corrected chi connectivity index (χ1v) is 6.25. The van der Waals surface area contributed by atoms with Gasteiger partial charge in [0.15, 0.2) is 0 Å². The molecule has 0 saturated carbocycles. The number of nitrogens with one attached hydrogen (secondary N) is 1. The number of aromatic nitrogens is 2. The minimum absolute atomic E-state index is 0.694. The molecule has 0 saturated heterocycles. The fraction of sp³-hybridized carbons (Fsp3) is 0.154. The van der Waals surface area contributed by atoms with Crippen LogP contribution in [0.4, 0.5) is 5.69 Å². The second-order valence-corrected chi connectivity index (χ2v) is 4.56. The van der Waals surface area contributed by atoms with Crippen molar-refractivity contribution in [1.29, 1.82) is 0 Å². The van der Waals surface area contributed by atoms with E-state index in [1.807, 2.05) is 30.6 Å². The highest BCUT2D eigenvalue weighted by molar-refractivity contribution is 9.10. The van der Waals surface area contributed by atoms with E-state index in [9.17, 15) is 0 Å². The highest BCUT2D eigenvalue weighted by atomic mass is 79.9. The molecule has 0 radical (unpaired) electrons. The molecule has 18 heavy (non-hydrogen) atoms. The van der Waals surface area contributed by atoms with Crippen molar-refractivity contribution in [2.75, 3.05) is 12.4 Å². The fourth-order valence-electron chi connectivity index (χ4n) is 1.53. The maximum Gasteiger partial charge on any atom is 0.121 e. The molecule has 0 fully saturated rings. The van der Waals surface area contributed by atoms with Gasteiger partial charge in [-0.1, -0.05) is 6.58 Å². The summed E-state index contributed by atoms with van der Waals surface area (Å²) in [5, 5.41) is 7.45. The molecule has 0 aliphatic carbocycles. The summed E-state index contributed by atoms with van der Waals surface area (Å²) in [4.78, 5) is 0. The largest absolute Gasteiger partial charge is 0.497 e. The van der Waals surface area contributed by atoms with E-state index in [1.165, 1.54) is 0 Å². The van der Waals surface area contributed by atoms with Crippen molar-refractivity contribution in [3.63, 3.8) is 0 Å². The Kier molecular flexibility index (Phi) is 4.04. The number of ether oxygens (including phenoxy) is 1. The molecule has 94 valence electrons. The van der Waals surface area contributed by atoms with Crippen LogP contribution in [0.3, 0.4) is 0 Å². The maximum absolute atomic E-state index is 5.19. The van der Waals surface area contributed by atoms with Gasteiger partial charge in [-0.25, -0.2) is 4.68 Å². The summed E-state index contributed by atoms with van der Waals surface area (Å²) >= 11 is 3.50. The smallest absolute Gasteiger partial charge is 0.121 e. The van der Waals surface area contributed by atoms with Crippen LogP contribution >= 0.6 is 15.9 Å². The Morgan fingerprint density at radius 1 is 1.56 bits per heavy atom. The normalized spacial score (nSPS) is 10.1. The predicted octanol–water partition coefficient (Wildman–Crippen LogP) is 3.37. The first-order chi connectivity index (χ1) is 8.72. The lowest BCUT2D eigenvalue weighted by Crippen LogP contribution is -1.99. The summed E-state index contributed by atoms with van der Waals surface area (Å²) in [6.45, 7) is 4.35. The van der Waals surface area contributed by atoms with E-state index in [1.54, 1.807) is 18.0 Å². The molecule has 0 spiro atoms. The zero-order valence-electron chi connectivity index (χ0n) is 10.1. The van der Waals surface area contributed by atoms with Gasteiger partial charge in [-0.15, -0.1) is 0 Å². The first kappa shape index (κ1) is 12.7. The van der Waals surface area contributed by atoms with E-state index in [0.717, 1.165) is 21.5 Å². The van der Waals surface area contributed by atoms with Crippen molar-refractivity contribution in [1.82, 2.24) is 9.78 Å². The van der Waals surface area contributed by atoms with E-state index in [2.05, 4.69) is 32.9 Å². The molecule has 4 nitrogen and oxygen atoms in total. The molecule has 0 atom stereocenters. The van der Waals surface area contributed by atoms with Crippen LogP contribution in [0.2, 0.25) is 0 Å². The van der Waals surface area contributed by atoms with Crippen LogP contribution in [0.1, 0.15) is 5.56 Å². The zero-order chi connectivity index (χ0) is 13.0. The lowest BCUT2D eigenvalue weighted by Gasteiger charge is -2.09. The minimum atomic E-state index is 0.694. The quantitative estimate of drug-likeness (QED) is 0.920. The summed E-state index contributed by atoms with van der Waals surface area (Å²) in [5.74, 6) is 0.822. The molecule has 1 aromatic carbocycles. The van der Waals surface area contributed by atoms with Gasteiger partial charge in [0, 0.05) is 35.0 Å². The molecule has 0 aliphatic rings. The zero-order valence-corrected chi connectivity index (χ0v) is 11.6. The molecule has 2 aromatic rings. The number of benzene rings is 1. The van der Waals surface area contributed by atoms with E-state index >= 15 is 0 Å². The Hall–Kier alpha value is -1.75. The van der Waals surface area contributed by atoms with E-state index < -0.39 is 0 Å². The number of hydrogen-bond donors (Lipinski definition) is 1. The highest BCUT2D eigenvalue weighted by Crippen LogP contribution is 2.27. The molecule has 1 aromatic heterocycles. The van der Waals surface area contributed by atoms with E-state index in [0.29, 0.717) is 6.54 Å². The van der Waals surface area contributed by atoms with Gasteiger partial charge in [0.05, 0.1) is 19.0 Å². The maximum atomic E-state index is 5.19. The third-order valence-electron chi connectivity index (χ3n) is 2.50. The van der Waals surface area contributed by atoms with Crippen molar-refractivity contribution in [2.24, 2.45) is 0 Å². The van der Waals surface area contributed by atoms with Gasteiger partial charge < -0.3 is 10.1 Å². The topological polar surface area (TPSA) is 39.1 Å². The van der Waals surface area contributed by atoms with Crippen LogP contribution in [0.25, 0.3) is 6.20 Å². The molecule has 1 heterocycles. The standard InChI is InChI=1S/C13H14BrN3O/c1-3-17-9-10(8-16-17)7-15-13-6-11(18-2)4-5-12(13)14/h3-6,8-9,15H,1,7H2,2H3. The lowest BCUT2D eigenvalue weighted by atomic mass is 10.3. The van der Waals surface area contributed by atoms with Gasteiger partial charge in [0.25, 0.3) is 0 Å². The van der Waals surface area contributed by atoms with Crippen LogP contribution in [-0.2, 0) is 6.54 Å². The van der Waals surface area contributed by atoms with Crippen molar-refractivity contribution in [3.05, 3.63) is 47.2 Å². The number of hydrogen-bond acceptors (Lipinski definition) is 3. The highest BCUT2D eigenvalue weighted by Gasteiger charge is 2.03. The Bertz CT molecular complexity index is 551. The molecule has 0 amide bonds. The van der Waals surface area contributed by atoms with Crippen LogP contribution in [0.15, 0.2) is 41.6 Å². The molecule has 1 N–H and O–H groups in total. The summed E-state index contributed by atoms with van der Waals surface area (Å²) in [6.07, 6.45) is 5.39. The number of halogens is 1. The van der Waals surface area contributed by atoms with Gasteiger partial charge in [-0.3, -0.25) is 0 Å². The van der Waals surface area contributed by atoms with Gasteiger partial charge in [-0.05, 0) is 28.1 Å². The van der Waals surface area contributed by atoms with Crippen molar-refractivity contribution >= 4 is 27.8 Å². The van der Waals surface area contributed by atoms with Crippen LogP contribution in [-0.4, -0.2) is 16.9 Å². The van der Waals surface area contributed by atoms with E-state index in [4.69, 9.17) is 4.74 Å². The second kappa shape index (κ2) is 5.73. The molecular weight excluding hydrogens is 294 g/mol. The molecular formula is C13H14BrN3O. The van der Waals surface area contributed by atoms with Crippen molar-refractivity contribution in [3.8, 4) is 5.75 Å².